The summed E-state index contributed by atoms with van der Waals surface area (Å²) in [6, 6.07) is 25.1. The summed E-state index contributed by atoms with van der Waals surface area (Å²) in [4.78, 5) is 43.1. The summed E-state index contributed by atoms with van der Waals surface area (Å²) in [6.07, 6.45) is 0.296. The van der Waals surface area contributed by atoms with Gasteiger partial charge in [0.1, 0.15) is 0 Å². The van der Waals surface area contributed by atoms with Crippen LogP contribution in [0.2, 0.25) is 0 Å². The van der Waals surface area contributed by atoms with Gasteiger partial charge in [-0.05, 0) is 42.3 Å². The lowest BCUT2D eigenvalue weighted by Crippen LogP contribution is -2.50. The van der Waals surface area contributed by atoms with Gasteiger partial charge in [0.05, 0.1) is 13.0 Å². The van der Waals surface area contributed by atoms with Crippen LogP contribution < -0.4 is 4.90 Å². The van der Waals surface area contributed by atoms with Crippen LogP contribution in [0.1, 0.15) is 34.0 Å². The molecule has 3 aromatic carbocycles. The fraction of sp³-hybridized carbons (Fsp3) is 0.276. The van der Waals surface area contributed by atoms with Crippen LogP contribution in [-0.2, 0) is 22.6 Å². The van der Waals surface area contributed by atoms with Gasteiger partial charge in [-0.3, -0.25) is 14.4 Å². The molecule has 1 aliphatic rings. The van der Waals surface area contributed by atoms with E-state index in [1.165, 1.54) is 0 Å². The lowest BCUT2D eigenvalue weighted by Gasteiger charge is -2.34. The van der Waals surface area contributed by atoms with Gasteiger partial charge < -0.3 is 14.7 Å². The first kappa shape index (κ1) is 24.2. The second-order valence-electron chi connectivity index (χ2n) is 8.98. The molecule has 1 aliphatic heterocycles. The lowest BCUT2D eigenvalue weighted by atomic mass is 10.1. The second-order valence-corrected chi connectivity index (χ2v) is 8.98. The molecule has 0 N–H and O–H groups in total. The van der Waals surface area contributed by atoms with Gasteiger partial charge in [-0.15, -0.1) is 0 Å². The number of amides is 3. The highest BCUT2D eigenvalue weighted by atomic mass is 16.2. The molecular formula is C29H31N3O3. The van der Waals surface area contributed by atoms with E-state index in [9.17, 15) is 14.4 Å². The quantitative estimate of drug-likeness (QED) is 0.547. The number of rotatable bonds is 6. The van der Waals surface area contributed by atoms with Crippen LogP contribution in [0.25, 0.3) is 0 Å². The molecule has 0 spiro atoms. The third-order valence-corrected chi connectivity index (χ3v) is 6.37. The van der Waals surface area contributed by atoms with Crippen molar-refractivity contribution < 1.29 is 14.4 Å². The number of carbonyl (C=O) groups is 3. The van der Waals surface area contributed by atoms with Gasteiger partial charge in [-0.25, -0.2) is 0 Å². The molecule has 0 atom stereocenters. The minimum atomic E-state index is -0.0701. The van der Waals surface area contributed by atoms with Crippen LogP contribution in [0.4, 0.5) is 5.69 Å². The predicted octanol–water partition coefficient (Wildman–Crippen LogP) is 4.08. The summed E-state index contributed by atoms with van der Waals surface area (Å²) in [5, 5.41) is 0. The average molecular weight is 470 g/mol. The zero-order valence-electron chi connectivity index (χ0n) is 20.3. The smallest absolute Gasteiger partial charge is 0.258 e. The van der Waals surface area contributed by atoms with Gasteiger partial charge >= 0.3 is 0 Å². The number of anilines is 1. The van der Waals surface area contributed by atoms with Crippen LogP contribution in [0, 0.1) is 6.92 Å². The first-order valence-electron chi connectivity index (χ1n) is 12.0. The van der Waals surface area contributed by atoms with Crippen molar-refractivity contribution in [2.75, 3.05) is 31.1 Å². The number of hydrogen-bond donors (Lipinski definition) is 0. The Morgan fingerprint density at radius 2 is 1.43 bits per heavy atom. The van der Waals surface area contributed by atoms with Crippen LogP contribution in [0.15, 0.2) is 78.9 Å². The van der Waals surface area contributed by atoms with Crippen LogP contribution in [0.5, 0.6) is 0 Å². The van der Waals surface area contributed by atoms with E-state index in [2.05, 4.69) is 6.07 Å². The van der Waals surface area contributed by atoms with Crippen molar-refractivity contribution in [2.45, 2.75) is 26.8 Å². The van der Waals surface area contributed by atoms with Crippen molar-refractivity contribution in [3.63, 3.8) is 0 Å². The van der Waals surface area contributed by atoms with Crippen LogP contribution >= 0.6 is 0 Å². The van der Waals surface area contributed by atoms with E-state index in [4.69, 9.17) is 0 Å². The van der Waals surface area contributed by atoms with E-state index in [1.54, 1.807) is 16.7 Å². The summed E-state index contributed by atoms with van der Waals surface area (Å²) in [5.41, 5.74) is 4.51. The van der Waals surface area contributed by atoms with E-state index in [-0.39, 0.29) is 17.7 Å². The second kappa shape index (κ2) is 11.0. The number of nitrogens with zero attached hydrogens (tertiary/aromatic N) is 3. The normalized spacial score (nSPS) is 13.4. The minimum Gasteiger partial charge on any atom is -0.339 e. The summed E-state index contributed by atoms with van der Waals surface area (Å²) < 4.78 is 0. The zero-order chi connectivity index (χ0) is 24.8. The molecule has 0 bridgehead atoms. The Morgan fingerprint density at radius 3 is 2.06 bits per heavy atom. The molecule has 3 amide bonds. The summed E-state index contributed by atoms with van der Waals surface area (Å²) in [6.45, 7) is 6.33. The Bertz CT molecular complexity index is 1180. The first-order chi connectivity index (χ1) is 16.9. The van der Waals surface area contributed by atoms with E-state index in [1.807, 2.05) is 84.6 Å². The number of benzene rings is 3. The molecule has 1 fully saturated rings. The van der Waals surface area contributed by atoms with Crippen molar-refractivity contribution in [2.24, 2.45) is 0 Å². The van der Waals surface area contributed by atoms with Crippen LogP contribution in [0.3, 0.4) is 0 Å². The van der Waals surface area contributed by atoms with E-state index in [0.29, 0.717) is 44.7 Å². The zero-order valence-corrected chi connectivity index (χ0v) is 20.3. The minimum absolute atomic E-state index is 0.0490. The maximum absolute atomic E-state index is 13.4. The molecule has 6 heteroatoms. The average Bonchev–Trinajstić information content (AvgIpc) is 2.88. The standard InChI is InChI=1S/C29H31N3O3/c1-22-7-6-8-25(19-22)21-32(29(35)26-9-4-3-5-10-26)27-13-11-24(12-14-27)20-28(34)31-17-15-30(16-18-31)23(2)33/h3-14,19H,15-18,20-21H2,1-2H3. The molecule has 35 heavy (non-hydrogen) atoms. The number of aryl methyl sites for hydroxylation is 1. The molecule has 0 aromatic heterocycles. The molecule has 0 aliphatic carbocycles. The molecule has 3 aromatic rings. The van der Waals surface area contributed by atoms with Gasteiger partial charge in [0.15, 0.2) is 0 Å². The van der Waals surface area contributed by atoms with E-state index < -0.39 is 0 Å². The maximum atomic E-state index is 13.4. The largest absolute Gasteiger partial charge is 0.339 e. The Labute approximate surface area is 206 Å². The Morgan fingerprint density at radius 1 is 0.771 bits per heavy atom. The topological polar surface area (TPSA) is 60.9 Å². The highest BCUT2D eigenvalue weighted by Crippen LogP contribution is 2.22. The van der Waals surface area contributed by atoms with Crippen molar-refractivity contribution in [3.05, 3.63) is 101 Å². The fourth-order valence-corrected chi connectivity index (χ4v) is 4.36. The molecule has 0 unspecified atom stereocenters. The third-order valence-electron chi connectivity index (χ3n) is 6.37. The van der Waals surface area contributed by atoms with E-state index in [0.717, 1.165) is 22.4 Å². The van der Waals surface area contributed by atoms with Gasteiger partial charge in [0.2, 0.25) is 11.8 Å². The molecule has 0 radical (unpaired) electrons. The van der Waals surface area contributed by atoms with Gasteiger partial charge in [-0.1, -0.05) is 60.2 Å². The highest BCUT2D eigenvalue weighted by molar-refractivity contribution is 6.06. The molecule has 4 rings (SSSR count). The Kier molecular flexibility index (Phi) is 7.60. The molecule has 1 heterocycles. The van der Waals surface area contributed by atoms with Crippen molar-refractivity contribution >= 4 is 23.4 Å². The van der Waals surface area contributed by atoms with Crippen molar-refractivity contribution in [1.29, 1.82) is 0 Å². The van der Waals surface area contributed by atoms with Gasteiger partial charge in [0.25, 0.3) is 5.91 Å². The lowest BCUT2D eigenvalue weighted by molar-refractivity contribution is -0.138. The van der Waals surface area contributed by atoms with Crippen molar-refractivity contribution in [1.82, 2.24) is 9.80 Å². The predicted molar refractivity (Wildman–Crippen MR) is 137 cm³/mol. The molecular weight excluding hydrogens is 438 g/mol. The van der Waals surface area contributed by atoms with E-state index >= 15 is 0 Å². The summed E-state index contributed by atoms with van der Waals surface area (Å²) in [5.74, 6) is 0.0326. The summed E-state index contributed by atoms with van der Waals surface area (Å²) in [7, 11) is 0. The first-order valence-corrected chi connectivity index (χ1v) is 12.0. The monoisotopic (exact) mass is 469 g/mol. The Hall–Kier alpha value is -3.93. The highest BCUT2D eigenvalue weighted by Gasteiger charge is 2.23. The van der Waals surface area contributed by atoms with Gasteiger partial charge in [0, 0.05) is 44.4 Å². The molecule has 6 nitrogen and oxygen atoms in total. The third kappa shape index (κ3) is 6.15. The van der Waals surface area contributed by atoms with Crippen LogP contribution in [-0.4, -0.2) is 53.7 Å². The fourth-order valence-electron chi connectivity index (χ4n) is 4.36. The molecule has 180 valence electrons. The Balaban J connectivity index is 1.49. The molecule has 0 saturated carbocycles. The van der Waals surface area contributed by atoms with Crippen molar-refractivity contribution in [3.8, 4) is 0 Å². The number of carbonyl (C=O) groups excluding carboxylic acids is 3. The SMILES string of the molecule is CC(=O)N1CCN(C(=O)Cc2ccc(N(Cc3cccc(C)c3)C(=O)c3ccccc3)cc2)CC1. The number of piperazine rings is 1. The summed E-state index contributed by atoms with van der Waals surface area (Å²) >= 11 is 0. The maximum Gasteiger partial charge on any atom is 0.258 e. The van der Waals surface area contributed by atoms with Gasteiger partial charge in [-0.2, -0.15) is 0 Å². The number of hydrogen-bond acceptors (Lipinski definition) is 3. The molecule has 1 saturated heterocycles.